The van der Waals surface area contributed by atoms with Crippen LogP contribution >= 0.6 is 0 Å². The number of rotatable bonds is 5. The first-order valence-electron chi connectivity index (χ1n) is 8.20. The number of carboxylic acids is 1. The molecular formula is C15H21N3O6S. The number of nitrogens with zero attached hydrogens (tertiary/aromatic N) is 3. The second kappa shape index (κ2) is 6.75. The summed E-state index contributed by atoms with van der Waals surface area (Å²) in [7, 11) is -2.78. The van der Waals surface area contributed by atoms with Crippen LogP contribution < -0.4 is 0 Å². The minimum atomic E-state index is -4.01. The summed E-state index contributed by atoms with van der Waals surface area (Å²) in [5.74, 6) is -1.60. The topological polar surface area (TPSA) is 119 Å². The fourth-order valence-electron chi connectivity index (χ4n) is 3.86. The molecule has 138 valence electrons. The van der Waals surface area contributed by atoms with E-state index in [9.17, 15) is 23.1 Å². The van der Waals surface area contributed by atoms with E-state index in [0.717, 1.165) is 29.8 Å². The third kappa shape index (κ3) is 3.28. The lowest BCUT2D eigenvalue weighted by atomic mass is 9.85. The number of aliphatic carboxylic acids is 1. The van der Waals surface area contributed by atoms with Gasteiger partial charge in [-0.2, -0.15) is 9.40 Å². The fourth-order valence-corrected chi connectivity index (χ4v) is 5.68. The van der Waals surface area contributed by atoms with Gasteiger partial charge in [-0.1, -0.05) is 12.8 Å². The van der Waals surface area contributed by atoms with Crippen molar-refractivity contribution in [3.8, 4) is 0 Å². The highest BCUT2D eigenvalue weighted by Crippen LogP contribution is 2.42. The molecule has 1 aromatic heterocycles. The molecule has 3 rings (SSSR count). The van der Waals surface area contributed by atoms with Gasteiger partial charge in [0.15, 0.2) is 0 Å². The Balaban J connectivity index is 1.91. The molecule has 1 aliphatic carbocycles. The molecule has 1 aliphatic heterocycles. The number of carbonyl (C=O) groups is 2. The SMILES string of the molecule is COC(=O)Cn1cc(S(=O)(=O)N2C(C(=O)O)CC3CCCCC32)cn1. The van der Waals surface area contributed by atoms with Crippen molar-refractivity contribution >= 4 is 22.0 Å². The summed E-state index contributed by atoms with van der Waals surface area (Å²) < 4.78 is 33.0. The molecule has 9 nitrogen and oxygen atoms in total. The Kier molecular flexibility index (Phi) is 4.83. The number of fused-ring (bicyclic) bond motifs is 1. The first-order valence-corrected chi connectivity index (χ1v) is 9.64. The van der Waals surface area contributed by atoms with Crippen LogP contribution in [0.4, 0.5) is 0 Å². The lowest BCUT2D eigenvalue weighted by molar-refractivity contribution is -0.142. The second-order valence-corrected chi connectivity index (χ2v) is 8.33. The van der Waals surface area contributed by atoms with E-state index in [-0.39, 0.29) is 23.4 Å². The molecule has 2 fully saturated rings. The van der Waals surface area contributed by atoms with Gasteiger partial charge in [0.05, 0.1) is 13.3 Å². The van der Waals surface area contributed by atoms with Gasteiger partial charge in [0.1, 0.15) is 17.5 Å². The number of sulfonamides is 1. The number of aromatic nitrogens is 2. The van der Waals surface area contributed by atoms with Crippen molar-refractivity contribution < 1.29 is 27.9 Å². The standard InChI is InChI=1S/C15H21N3O6S/c1-24-14(19)9-17-8-11(7-16-17)25(22,23)18-12-5-3-2-4-10(12)6-13(18)15(20)21/h7-8,10,12-13H,2-6,9H2,1H3,(H,20,21). The molecule has 2 heterocycles. The minimum absolute atomic E-state index is 0.0785. The first kappa shape index (κ1) is 17.9. The monoisotopic (exact) mass is 371 g/mol. The summed E-state index contributed by atoms with van der Waals surface area (Å²) >= 11 is 0. The maximum absolute atomic E-state index is 13.1. The van der Waals surface area contributed by atoms with Gasteiger partial charge in [0, 0.05) is 12.2 Å². The van der Waals surface area contributed by atoms with E-state index in [1.807, 2.05) is 0 Å². The molecule has 10 heteroatoms. The third-order valence-electron chi connectivity index (χ3n) is 5.02. The van der Waals surface area contributed by atoms with Crippen molar-refractivity contribution in [2.75, 3.05) is 7.11 Å². The van der Waals surface area contributed by atoms with Gasteiger partial charge in [0.25, 0.3) is 0 Å². The van der Waals surface area contributed by atoms with Crippen molar-refractivity contribution in [3.63, 3.8) is 0 Å². The number of carboxylic acid groups (broad SMARTS) is 1. The van der Waals surface area contributed by atoms with E-state index in [1.165, 1.54) is 18.0 Å². The third-order valence-corrected chi connectivity index (χ3v) is 6.90. The van der Waals surface area contributed by atoms with Crippen LogP contribution in [-0.4, -0.2) is 58.7 Å². The summed E-state index contributed by atoms with van der Waals surface area (Å²) in [6.45, 7) is -0.208. The average molecular weight is 371 g/mol. The molecule has 0 amide bonds. The van der Waals surface area contributed by atoms with E-state index in [4.69, 9.17) is 0 Å². The molecular weight excluding hydrogens is 350 g/mol. The van der Waals surface area contributed by atoms with E-state index in [0.29, 0.717) is 12.8 Å². The zero-order valence-electron chi connectivity index (χ0n) is 13.9. The van der Waals surface area contributed by atoms with Crippen LogP contribution in [0.5, 0.6) is 0 Å². The molecule has 3 atom stereocenters. The number of esters is 1. The van der Waals surface area contributed by atoms with Crippen LogP contribution in [0.3, 0.4) is 0 Å². The number of ether oxygens (including phenoxy) is 1. The predicted octanol–water partition coefficient (Wildman–Crippen LogP) is 0.462. The van der Waals surface area contributed by atoms with Crippen molar-refractivity contribution in [2.24, 2.45) is 5.92 Å². The predicted molar refractivity (Wildman–Crippen MR) is 85.1 cm³/mol. The zero-order valence-corrected chi connectivity index (χ0v) is 14.7. The Morgan fingerprint density at radius 3 is 2.76 bits per heavy atom. The quantitative estimate of drug-likeness (QED) is 0.747. The highest BCUT2D eigenvalue weighted by Gasteiger charge is 2.51. The molecule has 1 saturated carbocycles. The van der Waals surface area contributed by atoms with Crippen LogP contribution in [0.1, 0.15) is 32.1 Å². The molecule has 0 aromatic carbocycles. The molecule has 2 aliphatic rings. The number of hydrogen-bond acceptors (Lipinski definition) is 6. The van der Waals surface area contributed by atoms with Crippen LogP contribution in [-0.2, 0) is 30.9 Å². The van der Waals surface area contributed by atoms with Gasteiger partial charge in [-0.25, -0.2) is 8.42 Å². The highest BCUT2D eigenvalue weighted by atomic mass is 32.2. The Bertz CT molecular complexity index is 774. The maximum atomic E-state index is 13.1. The first-order chi connectivity index (χ1) is 11.8. The van der Waals surface area contributed by atoms with E-state index in [2.05, 4.69) is 9.84 Å². The Hall–Kier alpha value is -1.94. The van der Waals surface area contributed by atoms with Crippen molar-refractivity contribution in [1.82, 2.24) is 14.1 Å². The second-order valence-electron chi connectivity index (χ2n) is 6.49. The fraction of sp³-hybridized carbons (Fsp3) is 0.667. The Morgan fingerprint density at radius 2 is 2.08 bits per heavy atom. The van der Waals surface area contributed by atoms with Crippen molar-refractivity contribution in [3.05, 3.63) is 12.4 Å². The summed E-state index contributed by atoms with van der Waals surface area (Å²) in [5, 5.41) is 13.4. The van der Waals surface area contributed by atoms with E-state index in [1.54, 1.807) is 0 Å². The van der Waals surface area contributed by atoms with Crippen LogP contribution in [0, 0.1) is 5.92 Å². The highest BCUT2D eigenvalue weighted by molar-refractivity contribution is 7.89. The largest absolute Gasteiger partial charge is 0.480 e. The van der Waals surface area contributed by atoms with Crippen molar-refractivity contribution in [1.29, 1.82) is 0 Å². The Labute approximate surface area is 145 Å². The molecule has 1 N–H and O–H groups in total. The minimum Gasteiger partial charge on any atom is -0.480 e. The Morgan fingerprint density at radius 1 is 1.36 bits per heavy atom. The van der Waals surface area contributed by atoms with E-state index < -0.39 is 28.0 Å². The van der Waals surface area contributed by atoms with E-state index >= 15 is 0 Å². The van der Waals surface area contributed by atoms with Crippen molar-refractivity contribution in [2.45, 2.75) is 55.6 Å². The van der Waals surface area contributed by atoms with Gasteiger partial charge in [-0.15, -0.1) is 0 Å². The molecule has 3 unspecified atom stereocenters. The summed E-state index contributed by atoms with van der Waals surface area (Å²) in [6, 6.07) is -1.34. The molecule has 1 aromatic rings. The average Bonchev–Trinajstić information content (AvgIpc) is 3.19. The smallest absolute Gasteiger partial charge is 0.327 e. The molecule has 25 heavy (non-hydrogen) atoms. The zero-order chi connectivity index (χ0) is 18.2. The molecule has 0 radical (unpaired) electrons. The summed E-state index contributed by atoms with van der Waals surface area (Å²) in [6.07, 6.45) is 6.13. The summed E-state index contributed by atoms with van der Waals surface area (Å²) in [5.41, 5.74) is 0. The lowest BCUT2D eigenvalue weighted by Crippen LogP contribution is -2.46. The van der Waals surface area contributed by atoms with Gasteiger partial charge in [-0.3, -0.25) is 14.3 Å². The van der Waals surface area contributed by atoms with Crippen LogP contribution in [0.2, 0.25) is 0 Å². The molecule has 1 saturated heterocycles. The van der Waals surface area contributed by atoms with Crippen LogP contribution in [0.25, 0.3) is 0 Å². The van der Waals surface area contributed by atoms with Gasteiger partial charge in [0.2, 0.25) is 10.0 Å². The number of hydrogen-bond donors (Lipinski definition) is 1. The summed E-state index contributed by atoms with van der Waals surface area (Å²) in [4.78, 5) is 22.8. The lowest BCUT2D eigenvalue weighted by Gasteiger charge is -2.31. The molecule has 0 spiro atoms. The van der Waals surface area contributed by atoms with Gasteiger partial charge >= 0.3 is 11.9 Å². The number of carbonyl (C=O) groups excluding carboxylic acids is 1. The van der Waals surface area contributed by atoms with Gasteiger partial charge < -0.3 is 9.84 Å². The normalized spacial score (nSPS) is 27.0. The number of methoxy groups -OCH3 is 1. The van der Waals surface area contributed by atoms with Crippen LogP contribution in [0.15, 0.2) is 17.3 Å². The maximum Gasteiger partial charge on any atom is 0.327 e. The van der Waals surface area contributed by atoms with Gasteiger partial charge in [-0.05, 0) is 25.2 Å². The molecule has 0 bridgehead atoms.